The van der Waals surface area contributed by atoms with Crippen LogP contribution in [0.5, 0.6) is 0 Å². The lowest BCUT2D eigenvalue weighted by molar-refractivity contribution is -0.115. The van der Waals surface area contributed by atoms with Crippen LogP contribution in [0, 0.1) is 5.82 Å². The molecule has 0 aliphatic heterocycles. The van der Waals surface area contributed by atoms with E-state index >= 15 is 0 Å². The van der Waals surface area contributed by atoms with Crippen molar-refractivity contribution in [3.8, 4) is 0 Å². The summed E-state index contributed by atoms with van der Waals surface area (Å²) in [6.07, 6.45) is 4.55. The summed E-state index contributed by atoms with van der Waals surface area (Å²) < 4.78 is 18.8. The van der Waals surface area contributed by atoms with Gasteiger partial charge in [0, 0.05) is 18.1 Å². The molecule has 1 amide bonds. The zero-order valence-corrected chi connectivity index (χ0v) is 16.2. The number of nitrogen functional groups attached to an aromatic ring is 1. The first-order valence-electron chi connectivity index (χ1n) is 9.06. The number of allylic oxidation sites excluding steroid dienone is 1. The Kier molecular flexibility index (Phi) is 6.48. The Hall–Kier alpha value is -4.08. The third-order valence-corrected chi connectivity index (χ3v) is 4.04. The summed E-state index contributed by atoms with van der Waals surface area (Å²) in [5.74, 6) is -0.359. The fourth-order valence-corrected chi connectivity index (χ4v) is 2.42. The summed E-state index contributed by atoms with van der Waals surface area (Å²) in [6, 6.07) is 7.93. The van der Waals surface area contributed by atoms with Gasteiger partial charge in [0.2, 0.25) is 5.91 Å². The van der Waals surface area contributed by atoms with E-state index in [0.717, 1.165) is 0 Å². The number of amides is 1. The number of hydrogen-bond donors (Lipinski definition) is 3. The van der Waals surface area contributed by atoms with E-state index in [9.17, 15) is 9.18 Å². The molecule has 0 bridgehead atoms. The molecule has 30 heavy (non-hydrogen) atoms. The molecule has 0 radical (unpaired) electrons. The number of benzene rings is 1. The SMILES string of the molecule is CCC(=O)Nc1cnc(C(N)=CC(=NCc2ccccc2F)c2ccon2)nc1N. The molecule has 2 heterocycles. The molecule has 0 aliphatic carbocycles. The van der Waals surface area contributed by atoms with Gasteiger partial charge in [-0.15, -0.1) is 0 Å². The Morgan fingerprint density at radius 1 is 1.33 bits per heavy atom. The van der Waals surface area contributed by atoms with E-state index in [1.54, 1.807) is 31.2 Å². The van der Waals surface area contributed by atoms with Crippen LogP contribution in [0.2, 0.25) is 0 Å². The lowest BCUT2D eigenvalue weighted by Crippen LogP contribution is -2.14. The minimum absolute atomic E-state index is 0.0730. The highest BCUT2D eigenvalue weighted by Gasteiger charge is 2.12. The Morgan fingerprint density at radius 3 is 2.80 bits per heavy atom. The molecule has 2 aromatic heterocycles. The van der Waals surface area contributed by atoms with Crippen molar-refractivity contribution in [3.05, 3.63) is 71.8 Å². The molecule has 0 saturated carbocycles. The Labute approximate surface area is 171 Å². The predicted molar refractivity (Wildman–Crippen MR) is 111 cm³/mol. The quantitative estimate of drug-likeness (QED) is 0.508. The molecular formula is C20H20FN7O2. The predicted octanol–water partition coefficient (Wildman–Crippen LogP) is 2.52. The Bertz CT molecular complexity index is 1090. The minimum Gasteiger partial charge on any atom is -0.396 e. The summed E-state index contributed by atoms with van der Waals surface area (Å²) in [7, 11) is 0. The molecule has 10 heteroatoms. The zero-order chi connectivity index (χ0) is 21.5. The first-order chi connectivity index (χ1) is 14.5. The monoisotopic (exact) mass is 409 g/mol. The molecule has 0 aliphatic rings. The topological polar surface area (TPSA) is 145 Å². The highest BCUT2D eigenvalue weighted by atomic mass is 19.1. The first kappa shape index (κ1) is 20.6. The smallest absolute Gasteiger partial charge is 0.224 e. The second-order valence-corrected chi connectivity index (χ2v) is 6.17. The van der Waals surface area contributed by atoms with Gasteiger partial charge in [0.1, 0.15) is 23.5 Å². The van der Waals surface area contributed by atoms with Crippen molar-refractivity contribution < 1.29 is 13.7 Å². The number of anilines is 2. The second-order valence-electron chi connectivity index (χ2n) is 6.17. The van der Waals surface area contributed by atoms with Gasteiger partial charge in [-0.1, -0.05) is 30.3 Å². The van der Waals surface area contributed by atoms with Crippen LogP contribution in [0.3, 0.4) is 0 Å². The number of carbonyl (C=O) groups excluding carboxylic acids is 1. The molecular weight excluding hydrogens is 389 g/mol. The summed E-state index contributed by atoms with van der Waals surface area (Å²) in [5, 5.41) is 6.46. The first-order valence-corrected chi connectivity index (χ1v) is 9.06. The van der Waals surface area contributed by atoms with Gasteiger partial charge in [-0.25, -0.2) is 14.4 Å². The van der Waals surface area contributed by atoms with Gasteiger partial charge in [-0.3, -0.25) is 9.79 Å². The van der Waals surface area contributed by atoms with Crippen molar-refractivity contribution >= 4 is 28.8 Å². The fraction of sp³-hybridized carbons (Fsp3) is 0.150. The van der Waals surface area contributed by atoms with Crippen LogP contribution in [-0.4, -0.2) is 26.7 Å². The third-order valence-electron chi connectivity index (χ3n) is 4.04. The zero-order valence-electron chi connectivity index (χ0n) is 16.2. The van der Waals surface area contributed by atoms with Crippen molar-refractivity contribution in [2.75, 3.05) is 11.1 Å². The molecule has 0 fully saturated rings. The van der Waals surface area contributed by atoms with Gasteiger partial charge < -0.3 is 21.3 Å². The van der Waals surface area contributed by atoms with Gasteiger partial charge in [0.15, 0.2) is 11.6 Å². The second kappa shape index (κ2) is 9.41. The summed E-state index contributed by atoms with van der Waals surface area (Å²) in [6.45, 7) is 1.79. The number of rotatable bonds is 7. The van der Waals surface area contributed by atoms with E-state index in [2.05, 4.69) is 25.4 Å². The van der Waals surface area contributed by atoms with Crippen molar-refractivity contribution in [2.24, 2.45) is 10.7 Å². The lowest BCUT2D eigenvalue weighted by atomic mass is 10.2. The van der Waals surface area contributed by atoms with Crippen LogP contribution >= 0.6 is 0 Å². The lowest BCUT2D eigenvalue weighted by Gasteiger charge is -2.08. The molecule has 5 N–H and O–H groups in total. The van der Waals surface area contributed by atoms with Crippen LogP contribution in [0.15, 0.2) is 58.4 Å². The van der Waals surface area contributed by atoms with E-state index in [-0.39, 0.29) is 35.6 Å². The van der Waals surface area contributed by atoms with E-state index in [1.807, 2.05) is 0 Å². The van der Waals surface area contributed by atoms with Crippen LogP contribution in [0.1, 0.15) is 30.4 Å². The van der Waals surface area contributed by atoms with Crippen LogP contribution in [-0.2, 0) is 11.3 Å². The fourth-order valence-electron chi connectivity index (χ4n) is 2.42. The number of nitrogens with one attached hydrogen (secondary N) is 1. The normalized spacial score (nSPS) is 12.1. The summed E-state index contributed by atoms with van der Waals surface area (Å²) >= 11 is 0. The largest absolute Gasteiger partial charge is 0.396 e. The number of hydrogen-bond acceptors (Lipinski definition) is 8. The van der Waals surface area contributed by atoms with Crippen molar-refractivity contribution in [1.82, 2.24) is 15.1 Å². The molecule has 3 aromatic rings. The van der Waals surface area contributed by atoms with E-state index in [0.29, 0.717) is 29.1 Å². The number of nitrogens with two attached hydrogens (primary N) is 2. The van der Waals surface area contributed by atoms with Gasteiger partial charge in [0.25, 0.3) is 0 Å². The Morgan fingerprint density at radius 2 is 2.13 bits per heavy atom. The molecule has 3 rings (SSSR count). The minimum atomic E-state index is -0.362. The summed E-state index contributed by atoms with van der Waals surface area (Å²) in [5.41, 5.74) is 13.7. The highest BCUT2D eigenvalue weighted by Crippen LogP contribution is 2.17. The van der Waals surface area contributed by atoms with Gasteiger partial charge in [-0.2, -0.15) is 0 Å². The van der Waals surface area contributed by atoms with Crippen LogP contribution in [0.25, 0.3) is 5.70 Å². The number of aromatic nitrogens is 3. The Balaban J connectivity index is 1.89. The van der Waals surface area contributed by atoms with E-state index < -0.39 is 0 Å². The van der Waals surface area contributed by atoms with Crippen LogP contribution in [0.4, 0.5) is 15.9 Å². The van der Waals surface area contributed by atoms with Gasteiger partial charge in [0.05, 0.1) is 24.2 Å². The maximum absolute atomic E-state index is 13.9. The molecule has 0 atom stereocenters. The maximum Gasteiger partial charge on any atom is 0.224 e. The standard InChI is InChI=1S/C20H20FN7O2/c1-2-18(29)26-17-11-25-20(27-19(17)23)14(22)9-16(15-7-8-30-28-15)24-10-12-5-3-4-6-13(12)21/h3-9,11H,2,10,22H2,1H3,(H,26,29)(H2,23,25,27). The number of carbonyl (C=O) groups is 1. The summed E-state index contributed by atoms with van der Waals surface area (Å²) in [4.78, 5) is 24.2. The number of nitrogens with zero attached hydrogens (tertiary/aromatic N) is 4. The maximum atomic E-state index is 13.9. The molecule has 0 unspecified atom stereocenters. The van der Waals surface area contributed by atoms with Gasteiger partial charge in [-0.05, 0) is 12.1 Å². The molecule has 0 saturated heterocycles. The van der Waals surface area contributed by atoms with Crippen molar-refractivity contribution in [2.45, 2.75) is 19.9 Å². The van der Waals surface area contributed by atoms with E-state index in [1.165, 1.54) is 24.6 Å². The third kappa shape index (κ3) is 5.04. The number of halogens is 1. The molecule has 154 valence electrons. The van der Waals surface area contributed by atoms with Crippen molar-refractivity contribution in [3.63, 3.8) is 0 Å². The average molecular weight is 409 g/mol. The van der Waals surface area contributed by atoms with Gasteiger partial charge >= 0.3 is 0 Å². The highest BCUT2D eigenvalue weighted by molar-refractivity contribution is 6.10. The van der Waals surface area contributed by atoms with E-state index in [4.69, 9.17) is 16.0 Å². The average Bonchev–Trinajstić information content (AvgIpc) is 3.28. The number of aliphatic imine (C=N–C) groups is 1. The molecule has 1 aromatic carbocycles. The molecule has 0 spiro atoms. The van der Waals surface area contributed by atoms with Crippen LogP contribution < -0.4 is 16.8 Å². The molecule has 9 nitrogen and oxygen atoms in total. The van der Waals surface area contributed by atoms with Crippen molar-refractivity contribution in [1.29, 1.82) is 0 Å².